The van der Waals surface area contributed by atoms with Crippen LogP contribution in [-0.4, -0.2) is 11.9 Å². The maximum atomic E-state index is 11.2. The minimum atomic E-state index is -0.536. The number of nitrogens with one attached hydrogen (secondary N) is 1. The Morgan fingerprint density at radius 1 is 1.50 bits per heavy atom. The summed E-state index contributed by atoms with van der Waals surface area (Å²) in [5, 5.41) is 11.2. The SMILES string of the molecule is C[C@@H](N)C(=O)Nc1ccc(C#N)cc1. The van der Waals surface area contributed by atoms with Crippen LogP contribution < -0.4 is 11.1 Å². The van der Waals surface area contributed by atoms with E-state index in [0.29, 0.717) is 11.3 Å². The van der Waals surface area contributed by atoms with Crippen LogP contribution in [0.25, 0.3) is 0 Å². The summed E-state index contributed by atoms with van der Waals surface area (Å²) >= 11 is 0. The molecule has 0 saturated heterocycles. The fourth-order valence-electron chi connectivity index (χ4n) is 0.884. The number of nitrogens with two attached hydrogens (primary N) is 1. The Morgan fingerprint density at radius 2 is 2.07 bits per heavy atom. The van der Waals surface area contributed by atoms with E-state index < -0.39 is 6.04 Å². The molecule has 0 aliphatic heterocycles. The Morgan fingerprint density at radius 3 is 2.50 bits per heavy atom. The molecule has 0 aliphatic rings. The van der Waals surface area contributed by atoms with Gasteiger partial charge in [0.1, 0.15) is 0 Å². The zero-order valence-corrected chi connectivity index (χ0v) is 7.82. The van der Waals surface area contributed by atoms with E-state index in [4.69, 9.17) is 11.0 Å². The Labute approximate surface area is 82.3 Å². The van der Waals surface area contributed by atoms with Crippen LogP contribution in [0.1, 0.15) is 12.5 Å². The van der Waals surface area contributed by atoms with Gasteiger partial charge in [0.2, 0.25) is 5.91 Å². The molecule has 1 aromatic rings. The van der Waals surface area contributed by atoms with Crippen molar-refractivity contribution >= 4 is 11.6 Å². The first-order valence-corrected chi connectivity index (χ1v) is 4.20. The molecule has 0 spiro atoms. The van der Waals surface area contributed by atoms with Gasteiger partial charge in [-0.3, -0.25) is 4.79 Å². The fourth-order valence-corrected chi connectivity index (χ4v) is 0.884. The van der Waals surface area contributed by atoms with Crippen molar-refractivity contribution in [1.29, 1.82) is 5.26 Å². The number of carbonyl (C=O) groups is 1. The third kappa shape index (κ3) is 2.57. The third-order valence-corrected chi connectivity index (χ3v) is 1.70. The van der Waals surface area contributed by atoms with E-state index in [1.807, 2.05) is 6.07 Å². The highest BCUT2D eigenvalue weighted by Crippen LogP contribution is 2.08. The van der Waals surface area contributed by atoms with Crippen molar-refractivity contribution in [3.8, 4) is 6.07 Å². The molecule has 3 N–H and O–H groups in total. The molecular weight excluding hydrogens is 178 g/mol. The molecule has 14 heavy (non-hydrogen) atoms. The Hall–Kier alpha value is -1.86. The Bertz CT molecular complexity index is 362. The molecule has 0 aliphatic carbocycles. The topological polar surface area (TPSA) is 78.9 Å². The first kappa shape index (κ1) is 10.2. The number of benzene rings is 1. The standard InChI is InChI=1S/C10H11N3O/c1-7(12)10(14)13-9-4-2-8(6-11)3-5-9/h2-5,7H,12H2,1H3,(H,13,14)/t7-/m1/s1. The fraction of sp³-hybridized carbons (Fsp3) is 0.200. The summed E-state index contributed by atoms with van der Waals surface area (Å²) in [6.45, 7) is 1.61. The largest absolute Gasteiger partial charge is 0.325 e. The molecule has 1 atom stereocenters. The quantitative estimate of drug-likeness (QED) is 0.723. The Balaban J connectivity index is 2.70. The Kier molecular flexibility index (Phi) is 3.21. The lowest BCUT2D eigenvalue weighted by atomic mass is 10.2. The average molecular weight is 189 g/mol. The maximum Gasteiger partial charge on any atom is 0.240 e. The van der Waals surface area contributed by atoms with Crippen molar-refractivity contribution in [2.24, 2.45) is 5.73 Å². The predicted molar refractivity (Wildman–Crippen MR) is 53.4 cm³/mol. The van der Waals surface area contributed by atoms with Crippen molar-refractivity contribution in [2.45, 2.75) is 13.0 Å². The van der Waals surface area contributed by atoms with Gasteiger partial charge >= 0.3 is 0 Å². The number of amides is 1. The van der Waals surface area contributed by atoms with Crippen molar-refractivity contribution < 1.29 is 4.79 Å². The maximum absolute atomic E-state index is 11.2. The zero-order chi connectivity index (χ0) is 10.6. The minimum Gasteiger partial charge on any atom is -0.325 e. The number of nitriles is 1. The van der Waals surface area contributed by atoms with Crippen LogP contribution in [-0.2, 0) is 4.79 Å². The van der Waals surface area contributed by atoms with Gasteiger partial charge in [-0.25, -0.2) is 0 Å². The highest BCUT2D eigenvalue weighted by Gasteiger charge is 2.06. The predicted octanol–water partition coefficient (Wildman–Crippen LogP) is 0.844. The molecule has 0 saturated carbocycles. The first-order chi connectivity index (χ1) is 6.63. The second-order valence-corrected chi connectivity index (χ2v) is 2.97. The van der Waals surface area contributed by atoms with Crippen LogP contribution in [0.3, 0.4) is 0 Å². The molecule has 4 nitrogen and oxygen atoms in total. The molecule has 72 valence electrons. The summed E-state index contributed by atoms with van der Waals surface area (Å²) < 4.78 is 0. The van der Waals surface area contributed by atoms with Gasteiger partial charge in [0.15, 0.2) is 0 Å². The van der Waals surface area contributed by atoms with Gasteiger partial charge in [0, 0.05) is 5.69 Å². The molecule has 0 aromatic heterocycles. The second-order valence-electron chi connectivity index (χ2n) is 2.97. The molecule has 4 heteroatoms. The summed E-state index contributed by atoms with van der Waals surface area (Å²) in [7, 11) is 0. The molecule has 1 amide bonds. The zero-order valence-electron chi connectivity index (χ0n) is 7.82. The lowest BCUT2D eigenvalue weighted by molar-refractivity contribution is -0.117. The van der Waals surface area contributed by atoms with Gasteiger partial charge < -0.3 is 11.1 Å². The normalized spacial score (nSPS) is 11.5. The molecule has 0 heterocycles. The highest BCUT2D eigenvalue weighted by atomic mass is 16.2. The van der Waals surface area contributed by atoms with Crippen LogP contribution in [0.4, 0.5) is 5.69 Å². The van der Waals surface area contributed by atoms with E-state index in [-0.39, 0.29) is 5.91 Å². The lowest BCUT2D eigenvalue weighted by Gasteiger charge is -2.06. The van der Waals surface area contributed by atoms with Crippen molar-refractivity contribution in [2.75, 3.05) is 5.32 Å². The number of hydrogen-bond donors (Lipinski definition) is 2. The van der Waals surface area contributed by atoms with Gasteiger partial charge in [-0.05, 0) is 31.2 Å². The van der Waals surface area contributed by atoms with Gasteiger partial charge in [-0.15, -0.1) is 0 Å². The molecule has 1 rings (SSSR count). The van der Waals surface area contributed by atoms with E-state index in [9.17, 15) is 4.79 Å². The summed E-state index contributed by atoms with van der Waals surface area (Å²) in [5.41, 5.74) is 6.58. The monoisotopic (exact) mass is 189 g/mol. The van der Waals surface area contributed by atoms with Gasteiger partial charge in [0.25, 0.3) is 0 Å². The summed E-state index contributed by atoms with van der Waals surface area (Å²) in [5.74, 6) is -0.241. The van der Waals surface area contributed by atoms with Gasteiger partial charge in [0.05, 0.1) is 17.7 Å². The van der Waals surface area contributed by atoms with Crippen LogP contribution >= 0.6 is 0 Å². The number of hydrogen-bond acceptors (Lipinski definition) is 3. The average Bonchev–Trinajstić information content (AvgIpc) is 2.19. The molecule has 0 fully saturated rings. The summed E-state index contributed by atoms with van der Waals surface area (Å²) in [6.07, 6.45) is 0. The smallest absolute Gasteiger partial charge is 0.240 e. The molecule has 0 radical (unpaired) electrons. The van der Waals surface area contributed by atoms with E-state index in [0.717, 1.165) is 0 Å². The number of rotatable bonds is 2. The van der Waals surface area contributed by atoms with E-state index in [1.54, 1.807) is 31.2 Å². The number of nitrogens with zero attached hydrogens (tertiary/aromatic N) is 1. The lowest BCUT2D eigenvalue weighted by Crippen LogP contribution is -2.32. The van der Waals surface area contributed by atoms with Crippen LogP contribution in [0.15, 0.2) is 24.3 Å². The van der Waals surface area contributed by atoms with Crippen molar-refractivity contribution in [1.82, 2.24) is 0 Å². The van der Waals surface area contributed by atoms with Gasteiger partial charge in [-0.2, -0.15) is 5.26 Å². The molecular formula is C10H11N3O. The van der Waals surface area contributed by atoms with Crippen LogP contribution in [0.5, 0.6) is 0 Å². The van der Waals surface area contributed by atoms with E-state index in [2.05, 4.69) is 5.32 Å². The van der Waals surface area contributed by atoms with Crippen molar-refractivity contribution in [3.05, 3.63) is 29.8 Å². The van der Waals surface area contributed by atoms with Crippen molar-refractivity contribution in [3.63, 3.8) is 0 Å². The number of carbonyl (C=O) groups excluding carboxylic acids is 1. The van der Waals surface area contributed by atoms with E-state index >= 15 is 0 Å². The summed E-state index contributed by atoms with van der Waals surface area (Å²) in [4.78, 5) is 11.2. The highest BCUT2D eigenvalue weighted by molar-refractivity contribution is 5.94. The van der Waals surface area contributed by atoms with E-state index in [1.165, 1.54) is 0 Å². The third-order valence-electron chi connectivity index (χ3n) is 1.70. The first-order valence-electron chi connectivity index (χ1n) is 4.20. The molecule has 0 bridgehead atoms. The van der Waals surface area contributed by atoms with Crippen LogP contribution in [0, 0.1) is 11.3 Å². The second kappa shape index (κ2) is 4.40. The number of anilines is 1. The summed E-state index contributed by atoms with van der Waals surface area (Å²) in [6, 6.07) is 8.06. The van der Waals surface area contributed by atoms with Gasteiger partial charge in [-0.1, -0.05) is 0 Å². The molecule has 0 unspecified atom stereocenters. The van der Waals surface area contributed by atoms with Crippen LogP contribution in [0.2, 0.25) is 0 Å². The molecule has 1 aromatic carbocycles. The minimum absolute atomic E-state index is 0.241.